The fourth-order valence-corrected chi connectivity index (χ4v) is 3.80. The van der Waals surface area contributed by atoms with Crippen molar-refractivity contribution in [1.29, 1.82) is 0 Å². The molecule has 152 valence electrons. The van der Waals surface area contributed by atoms with E-state index in [-0.39, 0.29) is 17.7 Å². The molecular weight excluding hydrogens is 398 g/mol. The second kappa shape index (κ2) is 8.12. The molecule has 4 rings (SSSR count). The van der Waals surface area contributed by atoms with Crippen LogP contribution in [-0.4, -0.2) is 23.8 Å². The summed E-state index contributed by atoms with van der Waals surface area (Å²) in [5.41, 5.74) is 2.93. The number of anilines is 2. The van der Waals surface area contributed by atoms with Crippen LogP contribution < -0.4 is 10.2 Å². The van der Waals surface area contributed by atoms with Gasteiger partial charge in [0.25, 0.3) is 11.8 Å². The fraction of sp³-hybridized carbons (Fsp3) is 0.174. The van der Waals surface area contributed by atoms with Gasteiger partial charge >= 0.3 is 0 Å². The Labute approximate surface area is 178 Å². The van der Waals surface area contributed by atoms with E-state index in [1.54, 1.807) is 55.6 Å². The van der Waals surface area contributed by atoms with Gasteiger partial charge in [-0.1, -0.05) is 32.0 Å². The number of thiophene rings is 1. The van der Waals surface area contributed by atoms with Crippen LogP contribution in [0.1, 0.15) is 45.7 Å². The van der Waals surface area contributed by atoms with Gasteiger partial charge in [-0.3, -0.25) is 9.59 Å². The molecule has 1 N–H and O–H groups in total. The largest absolute Gasteiger partial charge is 0.440 e. The summed E-state index contributed by atoms with van der Waals surface area (Å²) in [7, 11) is 1.67. The number of hydrogen-bond acceptors (Lipinski definition) is 5. The molecule has 6 nitrogen and oxygen atoms in total. The lowest BCUT2D eigenvalue weighted by Gasteiger charge is -2.19. The normalized spacial score (nSPS) is 11.1. The minimum Gasteiger partial charge on any atom is -0.440 e. The molecule has 30 heavy (non-hydrogen) atoms. The van der Waals surface area contributed by atoms with Gasteiger partial charge in [-0.05, 0) is 41.8 Å². The zero-order valence-corrected chi connectivity index (χ0v) is 17.7. The van der Waals surface area contributed by atoms with E-state index in [4.69, 9.17) is 4.42 Å². The van der Waals surface area contributed by atoms with E-state index in [0.29, 0.717) is 38.8 Å². The third kappa shape index (κ3) is 3.84. The summed E-state index contributed by atoms with van der Waals surface area (Å²) in [5, 5.41) is 4.75. The SMILES string of the molecule is CC(C)c1nc2cc(NC(=O)c3ccccc3N(C)C(=O)c3cccs3)ccc2o1. The number of nitrogens with one attached hydrogen (secondary N) is 1. The summed E-state index contributed by atoms with van der Waals surface area (Å²) in [6, 6.07) is 16.0. The molecule has 0 atom stereocenters. The number of carbonyl (C=O) groups is 2. The number of para-hydroxylation sites is 1. The Morgan fingerprint density at radius 2 is 1.90 bits per heavy atom. The number of oxazole rings is 1. The molecule has 7 heteroatoms. The molecule has 0 bridgehead atoms. The van der Waals surface area contributed by atoms with Crippen molar-refractivity contribution in [2.24, 2.45) is 0 Å². The Morgan fingerprint density at radius 3 is 2.63 bits per heavy atom. The number of hydrogen-bond donors (Lipinski definition) is 1. The molecule has 2 heterocycles. The van der Waals surface area contributed by atoms with E-state index < -0.39 is 0 Å². The molecule has 2 amide bonds. The van der Waals surface area contributed by atoms with Crippen LogP contribution in [0, 0.1) is 0 Å². The quantitative estimate of drug-likeness (QED) is 0.461. The number of fused-ring (bicyclic) bond motifs is 1. The average Bonchev–Trinajstić information content (AvgIpc) is 3.42. The molecule has 0 saturated heterocycles. The smallest absolute Gasteiger partial charge is 0.268 e. The number of nitrogens with zero attached hydrogens (tertiary/aromatic N) is 2. The highest BCUT2D eigenvalue weighted by molar-refractivity contribution is 7.12. The van der Waals surface area contributed by atoms with Gasteiger partial charge in [0, 0.05) is 18.7 Å². The van der Waals surface area contributed by atoms with Crippen molar-refractivity contribution >= 4 is 45.6 Å². The van der Waals surface area contributed by atoms with E-state index in [1.165, 1.54) is 16.2 Å². The van der Waals surface area contributed by atoms with Crippen LogP contribution in [0.4, 0.5) is 11.4 Å². The zero-order chi connectivity index (χ0) is 21.3. The highest BCUT2D eigenvalue weighted by Crippen LogP contribution is 2.26. The van der Waals surface area contributed by atoms with E-state index in [2.05, 4.69) is 10.3 Å². The summed E-state index contributed by atoms with van der Waals surface area (Å²) in [6.07, 6.45) is 0. The molecule has 2 aromatic carbocycles. The molecule has 4 aromatic rings. The van der Waals surface area contributed by atoms with Crippen LogP contribution >= 0.6 is 11.3 Å². The Hall–Kier alpha value is -3.45. The Morgan fingerprint density at radius 1 is 1.10 bits per heavy atom. The maximum Gasteiger partial charge on any atom is 0.268 e. The third-order valence-electron chi connectivity index (χ3n) is 4.70. The van der Waals surface area contributed by atoms with Gasteiger partial charge < -0.3 is 14.6 Å². The van der Waals surface area contributed by atoms with Gasteiger partial charge in [0.2, 0.25) is 0 Å². The van der Waals surface area contributed by atoms with Gasteiger partial charge in [-0.25, -0.2) is 4.98 Å². The van der Waals surface area contributed by atoms with Crippen molar-refractivity contribution in [3.63, 3.8) is 0 Å². The lowest BCUT2D eigenvalue weighted by Crippen LogP contribution is -2.28. The van der Waals surface area contributed by atoms with Gasteiger partial charge in [0.05, 0.1) is 16.1 Å². The minimum absolute atomic E-state index is 0.157. The molecule has 0 spiro atoms. The molecule has 0 aliphatic carbocycles. The van der Waals surface area contributed by atoms with Crippen molar-refractivity contribution in [2.75, 3.05) is 17.3 Å². The number of carbonyl (C=O) groups excluding carboxylic acids is 2. The van der Waals surface area contributed by atoms with Crippen molar-refractivity contribution < 1.29 is 14.0 Å². The van der Waals surface area contributed by atoms with E-state index in [0.717, 1.165) is 0 Å². The van der Waals surface area contributed by atoms with E-state index >= 15 is 0 Å². The van der Waals surface area contributed by atoms with Gasteiger partial charge in [0.15, 0.2) is 11.5 Å². The first-order chi connectivity index (χ1) is 14.4. The first-order valence-corrected chi connectivity index (χ1v) is 10.4. The Balaban J connectivity index is 1.60. The summed E-state index contributed by atoms with van der Waals surface area (Å²) in [5.74, 6) is 0.380. The van der Waals surface area contributed by atoms with Crippen molar-refractivity contribution in [1.82, 2.24) is 4.98 Å². The van der Waals surface area contributed by atoms with Crippen molar-refractivity contribution in [2.45, 2.75) is 19.8 Å². The predicted octanol–water partition coefficient (Wildman–Crippen LogP) is 5.54. The maximum atomic E-state index is 13.0. The van der Waals surface area contributed by atoms with Crippen LogP contribution in [0.25, 0.3) is 11.1 Å². The topological polar surface area (TPSA) is 75.4 Å². The van der Waals surface area contributed by atoms with E-state index in [9.17, 15) is 9.59 Å². The second-order valence-electron chi connectivity index (χ2n) is 7.20. The van der Waals surface area contributed by atoms with Crippen LogP contribution in [0.3, 0.4) is 0 Å². The third-order valence-corrected chi connectivity index (χ3v) is 5.56. The monoisotopic (exact) mass is 419 g/mol. The van der Waals surface area contributed by atoms with Crippen molar-refractivity contribution in [3.05, 3.63) is 76.3 Å². The maximum absolute atomic E-state index is 13.0. The first-order valence-electron chi connectivity index (χ1n) is 9.56. The van der Waals surface area contributed by atoms with Gasteiger partial charge in [-0.2, -0.15) is 0 Å². The Kier molecular flexibility index (Phi) is 5.37. The van der Waals surface area contributed by atoms with Crippen LogP contribution in [0.15, 0.2) is 64.4 Å². The lowest BCUT2D eigenvalue weighted by molar-refractivity contribution is 0.0996. The van der Waals surface area contributed by atoms with E-state index in [1.807, 2.05) is 25.3 Å². The van der Waals surface area contributed by atoms with Gasteiger partial charge in [0.1, 0.15) is 5.52 Å². The zero-order valence-electron chi connectivity index (χ0n) is 16.9. The minimum atomic E-state index is -0.302. The van der Waals surface area contributed by atoms with Crippen LogP contribution in [0.5, 0.6) is 0 Å². The Bertz CT molecular complexity index is 1210. The lowest BCUT2D eigenvalue weighted by atomic mass is 10.1. The second-order valence-corrected chi connectivity index (χ2v) is 8.15. The molecule has 0 unspecified atom stereocenters. The van der Waals surface area contributed by atoms with Crippen LogP contribution in [-0.2, 0) is 0 Å². The van der Waals surface area contributed by atoms with Crippen LogP contribution in [0.2, 0.25) is 0 Å². The summed E-state index contributed by atoms with van der Waals surface area (Å²) < 4.78 is 5.72. The molecule has 0 fully saturated rings. The number of benzene rings is 2. The molecule has 0 aliphatic heterocycles. The highest BCUT2D eigenvalue weighted by Gasteiger charge is 2.20. The fourth-order valence-electron chi connectivity index (χ4n) is 3.10. The van der Waals surface area contributed by atoms with Crippen molar-refractivity contribution in [3.8, 4) is 0 Å². The number of aromatic nitrogens is 1. The summed E-state index contributed by atoms with van der Waals surface area (Å²) in [4.78, 5) is 32.3. The molecule has 0 saturated carbocycles. The molecule has 0 aliphatic rings. The first kappa shape index (κ1) is 19.8. The average molecular weight is 420 g/mol. The standard InChI is InChI=1S/C23H21N3O3S/c1-14(2)22-25-17-13-15(10-11-19(17)29-22)24-21(27)16-7-4-5-8-18(16)26(3)23(28)20-9-6-12-30-20/h4-14H,1-3H3,(H,24,27). The molecule has 0 radical (unpaired) electrons. The summed E-state index contributed by atoms with van der Waals surface area (Å²) in [6.45, 7) is 4.02. The number of rotatable bonds is 5. The molecular formula is C23H21N3O3S. The summed E-state index contributed by atoms with van der Waals surface area (Å²) >= 11 is 1.37. The van der Waals surface area contributed by atoms with Gasteiger partial charge in [-0.15, -0.1) is 11.3 Å². The number of amides is 2. The highest BCUT2D eigenvalue weighted by atomic mass is 32.1. The predicted molar refractivity (Wildman–Crippen MR) is 120 cm³/mol. The molecule has 2 aromatic heterocycles.